The van der Waals surface area contributed by atoms with Crippen molar-refractivity contribution in [2.45, 2.75) is 52.0 Å². The van der Waals surface area contributed by atoms with Crippen LogP contribution >= 0.6 is 0 Å². The quantitative estimate of drug-likeness (QED) is 0.887. The van der Waals surface area contributed by atoms with Gasteiger partial charge in [-0.1, -0.05) is 37.0 Å². The lowest BCUT2D eigenvalue weighted by Crippen LogP contribution is -2.46. The van der Waals surface area contributed by atoms with Crippen LogP contribution in [0.3, 0.4) is 0 Å². The molecule has 1 fully saturated rings. The Hall–Kier alpha value is -1.35. The Morgan fingerprint density at radius 1 is 1.30 bits per heavy atom. The highest BCUT2D eigenvalue weighted by Gasteiger charge is 2.24. The van der Waals surface area contributed by atoms with Gasteiger partial charge in [-0.2, -0.15) is 0 Å². The van der Waals surface area contributed by atoms with Crippen LogP contribution in [0.2, 0.25) is 0 Å². The predicted octanol–water partition coefficient (Wildman–Crippen LogP) is 2.94. The number of hydrogen-bond donors (Lipinski definition) is 2. The van der Waals surface area contributed by atoms with E-state index in [4.69, 9.17) is 5.73 Å². The Labute approximate surface area is 121 Å². The summed E-state index contributed by atoms with van der Waals surface area (Å²) < 4.78 is 0. The normalized spacial score (nSPS) is 17.8. The van der Waals surface area contributed by atoms with Crippen molar-refractivity contribution in [3.8, 4) is 0 Å². The molecule has 1 atom stereocenters. The smallest absolute Gasteiger partial charge is 0.251 e. The van der Waals surface area contributed by atoms with E-state index in [-0.39, 0.29) is 11.9 Å². The van der Waals surface area contributed by atoms with Gasteiger partial charge >= 0.3 is 0 Å². The number of nitrogens with one attached hydrogen (secondary N) is 1. The van der Waals surface area contributed by atoms with Crippen LogP contribution in [0.5, 0.6) is 0 Å². The average Bonchev–Trinajstić information content (AvgIpc) is 2.48. The van der Waals surface area contributed by atoms with Crippen LogP contribution in [-0.4, -0.2) is 18.5 Å². The van der Waals surface area contributed by atoms with Crippen molar-refractivity contribution < 1.29 is 4.79 Å². The highest BCUT2D eigenvalue weighted by molar-refractivity contribution is 5.96. The number of benzene rings is 1. The molecule has 3 nitrogen and oxygen atoms in total. The van der Waals surface area contributed by atoms with E-state index < -0.39 is 0 Å². The lowest BCUT2D eigenvalue weighted by atomic mass is 9.83. The van der Waals surface area contributed by atoms with E-state index >= 15 is 0 Å². The summed E-state index contributed by atoms with van der Waals surface area (Å²) in [5, 5.41) is 3.16. The van der Waals surface area contributed by atoms with Crippen LogP contribution in [0, 0.1) is 19.8 Å². The summed E-state index contributed by atoms with van der Waals surface area (Å²) in [7, 11) is 0. The highest BCUT2D eigenvalue weighted by atomic mass is 16.1. The second kappa shape index (κ2) is 6.89. The second-order valence-electron chi connectivity index (χ2n) is 6.03. The molecule has 1 unspecified atom stereocenters. The fourth-order valence-corrected chi connectivity index (χ4v) is 3.13. The Balaban J connectivity index is 2.06. The molecule has 1 saturated carbocycles. The van der Waals surface area contributed by atoms with Gasteiger partial charge in [-0.15, -0.1) is 0 Å². The zero-order valence-corrected chi connectivity index (χ0v) is 12.6. The number of carbonyl (C=O) groups is 1. The topological polar surface area (TPSA) is 55.1 Å². The molecule has 0 heterocycles. The summed E-state index contributed by atoms with van der Waals surface area (Å²) in [5.41, 5.74) is 8.79. The summed E-state index contributed by atoms with van der Waals surface area (Å²) in [5.74, 6) is 0.565. The lowest BCUT2D eigenvalue weighted by molar-refractivity contribution is 0.0915. The first-order chi connectivity index (χ1) is 9.61. The van der Waals surface area contributed by atoms with Crippen molar-refractivity contribution in [1.29, 1.82) is 0 Å². The zero-order chi connectivity index (χ0) is 14.5. The minimum atomic E-state index is 0.0206. The van der Waals surface area contributed by atoms with Crippen LogP contribution in [0.1, 0.15) is 53.6 Å². The van der Waals surface area contributed by atoms with E-state index in [1.54, 1.807) is 0 Å². The third kappa shape index (κ3) is 3.60. The van der Waals surface area contributed by atoms with E-state index in [9.17, 15) is 4.79 Å². The maximum atomic E-state index is 12.5. The summed E-state index contributed by atoms with van der Waals surface area (Å²) in [6, 6.07) is 6.11. The second-order valence-corrected chi connectivity index (χ2v) is 6.03. The Morgan fingerprint density at radius 2 is 2.00 bits per heavy atom. The number of aryl methyl sites for hydroxylation is 2. The largest absolute Gasteiger partial charge is 0.348 e. The van der Waals surface area contributed by atoms with Gasteiger partial charge < -0.3 is 11.1 Å². The van der Waals surface area contributed by atoms with Crippen LogP contribution in [0.25, 0.3) is 0 Å². The number of rotatable bonds is 4. The predicted molar refractivity (Wildman–Crippen MR) is 82.8 cm³/mol. The van der Waals surface area contributed by atoms with Crippen molar-refractivity contribution in [2.75, 3.05) is 6.54 Å². The number of amides is 1. The standard InChI is InChI=1S/C17H26N2O/c1-12-8-9-13(2)15(10-12)17(20)19-16(11-18)14-6-4-3-5-7-14/h8-10,14,16H,3-7,11,18H2,1-2H3,(H,19,20). The maximum absolute atomic E-state index is 12.5. The Bertz CT molecular complexity index is 464. The van der Waals surface area contributed by atoms with E-state index in [0.29, 0.717) is 12.5 Å². The first-order valence-corrected chi connectivity index (χ1v) is 7.70. The molecule has 1 aromatic carbocycles. The number of hydrogen-bond acceptors (Lipinski definition) is 2. The van der Waals surface area contributed by atoms with Crippen molar-refractivity contribution >= 4 is 5.91 Å². The van der Waals surface area contributed by atoms with Gasteiger partial charge in [0.15, 0.2) is 0 Å². The molecule has 0 radical (unpaired) electrons. The molecule has 3 N–H and O–H groups in total. The number of nitrogens with two attached hydrogens (primary N) is 1. The van der Waals surface area contributed by atoms with Crippen molar-refractivity contribution in [3.05, 3.63) is 34.9 Å². The number of carbonyl (C=O) groups excluding carboxylic acids is 1. The van der Waals surface area contributed by atoms with Gasteiger partial charge in [0.05, 0.1) is 0 Å². The molecule has 0 aromatic heterocycles. The molecule has 1 aromatic rings. The highest BCUT2D eigenvalue weighted by Crippen LogP contribution is 2.26. The van der Waals surface area contributed by atoms with E-state index in [1.165, 1.54) is 32.1 Å². The van der Waals surface area contributed by atoms with Gasteiger partial charge in [0.25, 0.3) is 5.91 Å². The molecule has 0 spiro atoms. The van der Waals surface area contributed by atoms with Crippen molar-refractivity contribution in [2.24, 2.45) is 11.7 Å². The van der Waals surface area contributed by atoms with E-state index in [1.807, 2.05) is 32.0 Å². The van der Waals surface area contributed by atoms with Gasteiger partial charge in [0.2, 0.25) is 0 Å². The van der Waals surface area contributed by atoms with Gasteiger partial charge in [0.1, 0.15) is 0 Å². The molecule has 1 aliphatic carbocycles. The fourth-order valence-electron chi connectivity index (χ4n) is 3.13. The van der Waals surface area contributed by atoms with Crippen LogP contribution < -0.4 is 11.1 Å². The molecule has 0 aliphatic heterocycles. The lowest BCUT2D eigenvalue weighted by Gasteiger charge is -2.30. The van der Waals surface area contributed by atoms with Crippen LogP contribution in [0.15, 0.2) is 18.2 Å². The monoisotopic (exact) mass is 274 g/mol. The van der Waals surface area contributed by atoms with E-state index in [2.05, 4.69) is 5.32 Å². The Morgan fingerprint density at radius 3 is 2.65 bits per heavy atom. The van der Waals surface area contributed by atoms with E-state index in [0.717, 1.165) is 16.7 Å². The van der Waals surface area contributed by atoms with Gasteiger partial charge in [-0.05, 0) is 44.2 Å². The molecule has 1 amide bonds. The third-order valence-corrected chi connectivity index (χ3v) is 4.43. The molecule has 3 heteroatoms. The summed E-state index contributed by atoms with van der Waals surface area (Å²) in [6.45, 7) is 4.52. The molecular weight excluding hydrogens is 248 g/mol. The molecule has 1 aliphatic rings. The molecule has 0 bridgehead atoms. The van der Waals surface area contributed by atoms with Gasteiger partial charge in [-0.25, -0.2) is 0 Å². The first-order valence-electron chi connectivity index (χ1n) is 7.70. The van der Waals surface area contributed by atoms with Gasteiger partial charge in [0, 0.05) is 18.2 Å². The molecule has 0 saturated heterocycles. The molecule has 20 heavy (non-hydrogen) atoms. The zero-order valence-electron chi connectivity index (χ0n) is 12.6. The SMILES string of the molecule is Cc1ccc(C)c(C(=O)NC(CN)C2CCCCC2)c1. The summed E-state index contributed by atoms with van der Waals surface area (Å²) in [6.07, 6.45) is 6.23. The maximum Gasteiger partial charge on any atom is 0.251 e. The minimum absolute atomic E-state index is 0.0206. The van der Waals surface area contributed by atoms with Crippen LogP contribution in [0.4, 0.5) is 0 Å². The summed E-state index contributed by atoms with van der Waals surface area (Å²) >= 11 is 0. The molecular formula is C17H26N2O. The van der Waals surface area contributed by atoms with Crippen LogP contribution in [-0.2, 0) is 0 Å². The first kappa shape index (κ1) is 15.0. The fraction of sp³-hybridized carbons (Fsp3) is 0.588. The van der Waals surface area contributed by atoms with Gasteiger partial charge in [-0.3, -0.25) is 4.79 Å². The van der Waals surface area contributed by atoms with Crippen molar-refractivity contribution in [3.63, 3.8) is 0 Å². The third-order valence-electron chi connectivity index (χ3n) is 4.43. The Kier molecular flexibility index (Phi) is 5.18. The van der Waals surface area contributed by atoms with Crippen molar-refractivity contribution in [1.82, 2.24) is 5.32 Å². The minimum Gasteiger partial charge on any atom is -0.348 e. The molecule has 110 valence electrons. The average molecular weight is 274 g/mol. The molecule has 2 rings (SSSR count). The summed E-state index contributed by atoms with van der Waals surface area (Å²) in [4.78, 5) is 12.5.